The zero-order chi connectivity index (χ0) is 10.3. The molecular formula is C13H24N2. The second-order valence-corrected chi connectivity index (χ2v) is 5.75. The summed E-state index contributed by atoms with van der Waals surface area (Å²) in [4.78, 5) is 2.85. The van der Waals surface area contributed by atoms with Gasteiger partial charge in [0, 0.05) is 24.7 Å². The number of rotatable bonds is 3. The number of nitrogens with one attached hydrogen (secondary N) is 1. The fraction of sp³-hybridized carbons (Fsp3) is 1.00. The molecule has 86 valence electrons. The Morgan fingerprint density at radius 3 is 2.53 bits per heavy atom. The van der Waals surface area contributed by atoms with Gasteiger partial charge in [0.05, 0.1) is 0 Å². The van der Waals surface area contributed by atoms with Gasteiger partial charge in [-0.3, -0.25) is 4.90 Å². The van der Waals surface area contributed by atoms with Gasteiger partial charge in [-0.15, -0.1) is 0 Å². The summed E-state index contributed by atoms with van der Waals surface area (Å²) in [5.41, 5.74) is 0. The molecule has 3 rings (SSSR count). The molecule has 4 unspecified atom stereocenters. The minimum absolute atomic E-state index is 0.819. The standard InChI is InChI=1S/C13H24N2/c1-2-14-11-4-6-13(8-11)15-9-10-3-5-12(15)7-10/h10-14H,2-9H2,1H3. The summed E-state index contributed by atoms with van der Waals surface area (Å²) in [5, 5.41) is 3.62. The third-order valence-electron chi connectivity index (χ3n) is 4.82. The number of hydrogen-bond acceptors (Lipinski definition) is 2. The molecule has 1 heterocycles. The Kier molecular flexibility index (Phi) is 2.73. The first kappa shape index (κ1) is 10.1. The molecule has 2 nitrogen and oxygen atoms in total. The Labute approximate surface area is 93.4 Å². The molecule has 0 aromatic rings. The largest absolute Gasteiger partial charge is 0.314 e. The predicted octanol–water partition coefficient (Wildman–Crippen LogP) is 2.00. The second-order valence-electron chi connectivity index (χ2n) is 5.75. The molecule has 3 fully saturated rings. The van der Waals surface area contributed by atoms with Crippen LogP contribution in [0.1, 0.15) is 45.4 Å². The average molecular weight is 208 g/mol. The third-order valence-corrected chi connectivity index (χ3v) is 4.82. The molecule has 2 saturated carbocycles. The van der Waals surface area contributed by atoms with Crippen molar-refractivity contribution in [2.45, 2.75) is 63.6 Å². The SMILES string of the molecule is CCNC1CCC(N2CC3CCC2C3)C1. The maximum Gasteiger partial charge on any atom is 0.0114 e. The summed E-state index contributed by atoms with van der Waals surface area (Å²) < 4.78 is 0. The highest BCUT2D eigenvalue weighted by Gasteiger charge is 2.42. The molecule has 2 bridgehead atoms. The minimum Gasteiger partial charge on any atom is -0.314 e. The van der Waals surface area contributed by atoms with Gasteiger partial charge < -0.3 is 5.32 Å². The molecule has 0 aromatic heterocycles. The molecule has 0 amide bonds. The van der Waals surface area contributed by atoms with E-state index in [9.17, 15) is 0 Å². The smallest absolute Gasteiger partial charge is 0.0114 e. The summed E-state index contributed by atoms with van der Waals surface area (Å²) >= 11 is 0. The highest BCUT2D eigenvalue weighted by Crippen LogP contribution is 2.41. The zero-order valence-corrected chi connectivity index (χ0v) is 9.91. The first-order valence-electron chi connectivity index (χ1n) is 6.86. The van der Waals surface area contributed by atoms with E-state index in [0.29, 0.717) is 0 Å². The van der Waals surface area contributed by atoms with E-state index in [-0.39, 0.29) is 0 Å². The Balaban J connectivity index is 1.56. The first-order valence-corrected chi connectivity index (χ1v) is 6.86. The molecule has 3 aliphatic rings. The van der Waals surface area contributed by atoms with Crippen LogP contribution < -0.4 is 5.32 Å². The van der Waals surface area contributed by atoms with Gasteiger partial charge in [0.1, 0.15) is 0 Å². The van der Waals surface area contributed by atoms with Gasteiger partial charge in [0.25, 0.3) is 0 Å². The molecule has 0 radical (unpaired) electrons. The normalized spacial score (nSPS) is 45.4. The molecule has 1 saturated heterocycles. The maximum absolute atomic E-state index is 3.62. The van der Waals surface area contributed by atoms with Crippen LogP contribution in [-0.4, -0.2) is 36.1 Å². The van der Waals surface area contributed by atoms with Gasteiger partial charge in [-0.1, -0.05) is 6.92 Å². The van der Waals surface area contributed by atoms with E-state index in [1.807, 2.05) is 0 Å². The van der Waals surface area contributed by atoms with Crippen LogP contribution in [-0.2, 0) is 0 Å². The Hall–Kier alpha value is -0.0800. The number of piperidine rings is 1. The van der Waals surface area contributed by atoms with Crippen molar-refractivity contribution in [2.75, 3.05) is 13.1 Å². The number of hydrogen-bond donors (Lipinski definition) is 1. The topological polar surface area (TPSA) is 15.3 Å². The molecule has 15 heavy (non-hydrogen) atoms. The Bertz CT molecular complexity index is 229. The third kappa shape index (κ3) is 1.83. The van der Waals surface area contributed by atoms with Crippen LogP contribution in [0.4, 0.5) is 0 Å². The summed E-state index contributed by atoms with van der Waals surface area (Å²) in [7, 11) is 0. The van der Waals surface area contributed by atoms with E-state index in [1.165, 1.54) is 45.1 Å². The van der Waals surface area contributed by atoms with Crippen LogP contribution in [0.3, 0.4) is 0 Å². The van der Waals surface area contributed by atoms with E-state index in [4.69, 9.17) is 0 Å². The lowest BCUT2D eigenvalue weighted by atomic mass is 10.1. The summed E-state index contributed by atoms with van der Waals surface area (Å²) in [6.45, 7) is 4.79. The highest BCUT2D eigenvalue weighted by molar-refractivity contribution is 4.98. The first-order chi connectivity index (χ1) is 7.36. The maximum atomic E-state index is 3.62. The molecule has 1 N–H and O–H groups in total. The molecule has 0 spiro atoms. The van der Waals surface area contributed by atoms with E-state index in [0.717, 1.165) is 30.6 Å². The van der Waals surface area contributed by atoms with Crippen LogP contribution in [0.15, 0.2) is 0 Å². The number of likely N-dealkylation sites (tertiary alicyclic amines) is 1. The quantitative estimate of drug-likeness (QED) is 0.763. The molecule has 0 aromatic carbocycles. The van der Waals surface area contributed by atoms with Gasteiger partial charge in [-0.25, -0.2) is 0 Å². The van der Waals surface area contributed by atoms with Gasteiger partial charge in [-0.05, 0) is 51.0 Å². The Morgan fingerprint density at radius 1 is 1.07 bits per heavy atom. The van der Waals surface area contributed by atoms with Crippen molar-refractivity contribution in [3.63, 3.8) is 0 Å². The summed E-state index contributed by atoms with van der Waals surface area (Å²) in [6.07, 6.45) is 8.80. The molecule has 2 aliphatic carbocycles. The van der Waals surface area contributed by atoms with Crippen molar-refractivity contribution in [3.8, 4) is 0 Å². The zero-order valence-electron chi connectivity index (χ0n) is 9.91. The van der Waals surface area contributed by atoms with Crippen molar-refractivity contribution < 1.29 is 0 Å². The summed E-state index contributed by atoms with van der Waals surface area (Å²) in [6, 6.07) is 2.71. The van der Waals surface area contributed by atoms with Gasteiger partial charge in [0.15, 0.2) is 0 Å². The highest BCUT2D eigenvalue weighted by atomic mass is 15.2. The van der Waals surface area contributed by atoms with E-state index in [2.05, 4.69) is 17.1 Å². The average Bonchev–Trinajstić information content (AvgIpc) is 2.91. The fourth-order valence-electron chi connectivity index (χ4n) is 4.14. The number of nitrogens with zero attached hydrogens (tertiary/aromatic N) is 1. The molecule has 2 heteroatoms. The fourth-order valence-corrected chi connectivity index (χ4v) is 4.14. The van der Waals surface area contributed by atoms with Crippen molar-refractivity contribution in [2.24, 2.45) is 5.92 Å². The molecule has 4 atom stereocenters. The Morgan fingerprint density at radius 2 is 1.87 bits per heavy atom. The number of fused-ring (bicyclic) bond motifs is 2. The monoisotopic (exact) mass is 208 g/mol. The van der Waals surface area contributed by atoms with Crippen molar-refractivity contribution >= 4 is 0 Å². The lowest BCUT2D eigenvalue weighted by Crippen LogP contribution is -2.40. The van der Waals surface area contributed by atoms with Crippen molar-refractivity contribution in [1.29, 1.82) is 0 Å². The van der Waals surface area contributed by atoms with Crippen molar-refractivity contribution in [1.82, 2.24) is 10.2 Å². The van der Waals surface area contributed by atoms with E-state index < -0.39 is 0 Å². The summed E-state index contributed by atoms with van der Waals surface area (Å²) in [5.74, 6) is 1.06. The van der Waals surface area contributed by atoms with Crippen LogP contribution in [0.25, 0.3) is 0 Å². The van der Waals surface area contributed by atoms with Gasteiger partial charge >= 0.3 is 0 Å². The van der Waals surface area contributed by atoms with Gasteiger partial charge in [0.2, 0.25) is 0 Å². The van der Waals surface area contributed by atoms with Crippen LogP contribution in [0, 0.1) is 5.92 Å². The second kappa shape index (κ2) is 4.06. The lowest BCUT2D eigenvalue weighted by Gasteiger charge is -2.32. The van der Waals surface area contributed by atoms with E-state index >= 15 is 0 Å². The molecule has 1 aliphatic heterocycles. The van der Waals surface area contributed by atoms with Crippen LogP contribution in [0.2, 0.25) is 0 Å². The van der Waals surface area contributed by atoms with Crippen LogP contribution >= 0.6 is 0 Å². The van der Waals surface area contributed by atoms with Crippen LogP contribution in [0.5, 0.6) is 0 Å². The van der Waals surface area contributed by atoms with Crippen molar-refractivity contribution in [3.05, 3.63) is 0 Å². The lowest BCUT2D eigenvalue weighted by molar-refractivity contribution is 0.149. The van der Waals surface area contributed by atoms with E-state index in [1.54, 1.807) is 0 Å². The molecular weight excluding hydrogens is 184 g/mol. The minimum atomic E-state index is 0.819. The predicted molar refractivity (Wildman–Crippen MR) is 62.9 cm³/mol. The van der Waals surface area contributed by atoms with Gasteiger partial charge in [-0.2, -0.15) is 0 Å².